The number of fused-ring (bicyclic) bond motifs is 2. The lowest BCUT2D eigenvalue weighted by Crippen LogP contribution is -2.37. The molecule has 0 saturated heterocycles. The molecule has 0 fully saturated rings. The summed E-state index contributed by atoms with van der Waals surface area (Å²) >= 11 is 0. The summed E-state index contributed by atoms with van der Waals surface area (Å²) in [6, 6.07) is 7.78. The Kier molecular flexibility index (Phi) is 3.31. The molecule has 1 heterocycles. The second-order valence-corrected chi connectivity index (χ2v) is 7.96. The first kappa shape index (κ1) is 15.4. The number of ketones is 2. The molecule has 0 bridgehead atoms. The molecule has 3 heteroatoms. The number of hydrogen-bond acceptors (Lipinski definition) is 3. The summed E-state index contributed by atoms with van der Waals surface area (Å²) in [5.41, 5.74) is 5.39. The van der Waals surface area contributed by atoms with Crippen LogP contribution in [0, 0.1) is 11.3 Å². The van der Waals surface area contributed by atoms with Crippen LogP contribution in [0.1, 0.15) is 62.4 Å². The minimum absolute atomic E-state index is 0.0279. The third-order valence-electron chi connectivity index (χ3n) is 5.43. The molecule has 1 atom stereocenters. The maximum Gasteiger partial charge on any atom is 0.192 e. The van der Waals surface area contributed by atoms with Crippen molar-refractivity contribution in [2.45, 2.75) is 46.5 Å². The van der Waals surface area contributed by atoms with Crippen LogP contribution in [0.5, 0.6) is 0 Å². The van der Waals surface area contributed by atoms with E-state index < -0.39 is 0 Å². The van der Waals surface area contributed by atoms with Crippen molar-refractivity contribution >= 4 is 17.3 Å². The maximum absolute atomic E-state index is 13.0. The fraction of sp³-hybridized carbons (Fsp3) is 0.429. The van der Waals surface area contributed by atoms with Gasteiger partial charge in [0.05, 0.1) is 5.70 Å². The van der Waals surface area contributed by atoms with Gasteiger partial charge < -0.3 is 5.32 Å². The predicted molar refractivity (Wildman–Crippen MR) is 94.3 cm³/mol. The molecule has 4 rings (SSSR count). The number of Topliss-reactive ketones (excluding diaryl/α,β-unsaturated/α-hetero) is 2. The van der Waals surface area contributed by atoms with Crippen LogP contribution in [0.3, 0.4) is 0 Å². The van der Waals surface area contributed by atoms with E-state index in [0.717, 1.165) is 52.9 Å². The largest absolute Gasteiger partial charge is 0.358 e. The van der Waals surface area contributed by atoms with E-state index in [1.165, 1.54) is 0 Å². The van der Waals surface area contributed by atoms with Crippen molar-refractivity contribution in [1.82, 2.24) is 5.32 Å². The van der Waals surface area contributed by atoms with Crippen LogP contribution in [0.15, 0.2) is 41.1 Å². The molecule has 24 heavy (non-hydrogen) atoms. The van der Waals surface area contributed by atoms with Crippen molar-refractivity contribution in [2.75, 3.05) is 0 Å². The summed E-state index contributed by atoms with van der Waals surface area (Å²) in [4.78, 5) is 25.9. The minimum Gasteiger partial charge on any atom is -0.358 e. The van der Waals surface area contributed by atoms with Gasteiger partial charge in [0.15, 0.2) is 11.6 Å². The van der Waals surface area contributed by atoms with Crippen LogP contribution >= 0.6 is 0 Å². The SMILES string of the molecule is CCCC1C2=C(CC(C)(C)CC2=O)NC2=C1C(=O)c1ccccc12. The Morgan fingerprint density at radius 2 is 1.79 bits per heavy atom. The predicted octanol–water partition coefficient (Wildman–Crippen LogP) is 4.26. The second-order valence-electron chi connectivity index (χ2n) is 7.96. The fourth-order valence-electron chi connectivity index (χ4n) is 4.49. The van der Waals surface area contributed by atoms with Gasteiger partial charge >= 0.3 is 0 Å². The van der Waals surface area contributed by atoms with E-state index in [9.17, 15) is 9.59 Å². The topological polar surface area (TPSA) is 46.2 Å². The zero-order chi connectivity index (χ0) is 17.1. The van der Waals surface area contributed by atoms with Gasteiger partial charge in [0.25, 0.3) is 0 Å². The van der Waals surface area contributed by atoms with E-state index >= 15 is 0 Å². The molecule has 1 aromatic rings. The standard InChI is InChI=1S/C21H23NO2/c1-4-7-14-17-15(10-21(2,3)11-16(17)23)22-19-12-8-5-6-9-13(12)20(24)18(14)19/h5-6,8-9,14,22H,4,7,10-11H2,1-3H3. The number of dihydropyridines is 1. The van der Waals surface area contributed by atoms with Crippen LogP contribution < -0.4 is 5.32 Å². The van der Waals surface area contributed by atoms with Crippen molar-refractivity contribution < 1.29 is 9.59 Å². The Morgan fingerprint density at radius 3 is 2.50 bits per heavy atom. The number of carbonyl (C=O) groups is 2. The van der Waals surface area contributed by atoms with Crippen molar-refractivity contribution in [3.05, 3.63) is 52.2 Å². The minimum atomic E-state index is -0.0512. The number of rotatable bonds is 2. The molecule has 0 amide bonds. The number of nitrogens with one attached hydrogen (secondary N) is 1. The van der Waals surface area contributed by atoms with Gasteiger partial charge in [-0.15, -0.1) is 0 Å². The second kappa shape index (κ2) is 5.17. The van der Waals surface area contributed by atoms with Crippen molar-refractivity contribution in [2.24, 2.45) is 11.3 Å². The molecule has 1 aliphatic heterocycles. The molecule has 2 aliphatic carbocycles. The Morgan fingerprint density at radius 1 is 1.08 bits per heavy atom. The van der Waals surface area contributed by atoms with E-state index in [1.54, 1.807) is 0 Å². The normalized spacial score (nSPS) is 24.5. The quantitative estimate of drug-likeness (QED) is 0.885. The summed E-state index contributed by atoms with van der Waals surface area (Å²) in [6.45, 7) is 6.40. The van der Waals surface area contributed by atoms with Gasteiger partial charge in [0.2, 0.25) is 0 Å². The van der Waals surface area contributed by atoms with Gasteiger partial charge in [0.1, 0.15) is 0 Å². The average molecular weight is 321 g/mol. The smallest absolute Gasteiger partial charge is 0.192 e. The average Bonchev–Trinajstić information content (AvgIpc) is 2.79. The summed E-state index contributed by atoms with van der Waals surface area (Å²) in [7, 11) is 0. The van der Waals surface area contributed by atoms with Crippen LogP contribution in [0.25, 0.3) is 5.70 Å². The number of allylic oxidation sites excluding steroid dienone is 3. The Hall–Kier alpha value is -2.16. The molecule has 0 aromatic heterocycles. The van der Waals surface area contributed by atoms with E-state index in [-0.39, 0.29) is 22.9 Å². The molecule has 3 aliphatic rings. The lowest BCUT2D eigenvalue weighted by Gasteiger charge is -2.38. The van der Waals surface area contributed by atoms with Gasteiger partial charge in [-0.1, -0.05) is 51.5 Å². The molecule has 1 aromatic carbocycles. The van der Waals surface area contributed by atoms with E-state index in [2.05, 4.69) is 26.1 Å². The molecular formula is C21H23NO2. The molecule has 124 valence electrons. The first-order valence-electron chi connectivity index (χ1n) is 8.84. The molecule has 1 unspecified atom stereocenters. The molecule has 1 N–H and O–H groups in total. The highest BCUT2D eigenvalue weighted by atomic mass is 16.1. The van der Waals surface area contributed by atoms with Gasteiger partial charge in [-0.2, -0.15) is 0 Å². The highest BCUT2D eigenvalue weighted by molar-refractivity contribution is 6.22. The van der Waals surface area contributed by atoms with Crippen LogP contribution in [-0.2, 0) is 4.79 Å². The Labute approximate surface area is 142 Å². The molecular weight excluding hydrogens is 298 g/mol. The summed E-state index contributed by atoms with van der Waals surface area (Å²) in [5, 5.41) is 3.50. The van der Waals surface area contributed by atoms with Gasteiger partial charge in [-0.25, -0.2) is 0 Å². The van der Waals surface area contributed by atoms with E-state index in [0.29, 0.717) is 6.42 Å². The van der Waals surface area contributed by atoms with Crippen LogP contribution in [0.4, 0.5) is 0 Å². The summed E-state index contributed by atoms with van der Waals surface area (Å²) in [6.07, 6.45) is 3.24. The van der Waals surface area contributed by atoms with Gasteiger partial charge in [0, 0.05) is 40.3 Å². The van der Waals surface area contributed by atoms with E-state index in [4.69, 9.17) is 0 Å². The molecule has 3 nitrogen and oxygen atoms in total. The first-order chi connectivity index (χ1) is 11.4. The third-order valence-corrected chi connectivity index (χ3v) is 5.43. The summed E-state index contributed by atoms with van der Waals surface area (Å²) in [5.74, 6) is 0.253. The van der Waals surface area contributed by atoms with Gasteiger partial charge in [-0.05, 0) is 18.3 Å². The van der Waals surface area contributed by atoms with E-state index in [1.807, 2.05) is 24.3 Å². The van der Waals surface area contributed by atoms with Crippen molar-refractivity contribution in [3.63, 3.8) is 0 Å². The molecule has 0 saturated carbocycles. The molecule has 0 spiro atoms. The monoisotopic (exact) mass is 321 g/mol. The lowest BCUT2D eigenvalue weighted by molar-refractivity contribution is -0.118. The Bertz CT molecular complexity index is 826. The van der Waals surface area contributed by atoms with Crippen LogP contribution in [-0.4, -0.2) is 11.6 Å². The highest BCUT2D eigenvalue weighted by Gasteiger charge is 2.45. The lowest BCUT2D eigenvalue weighted by atomic mass is 9.69. The first-order valence-corrected chi connectivity index (χ1v) is 8.84. The fourth-order valence-corrected chi connectivity index (χ4v) is 4.49. The van der Waals surface area contributed by atoms with Gasteiger partial charge in [-0.3, -0.25) is 9.59 Å². The maximum atomic E-state index is 13.0. The molecule has 0 radical (unpaired) electrons. The highest BCUT2D eigenvalue weighted by Crippen LogP contribution is 2.48. The van der Waals surface area contributed by atoms with Crippen LogP contribution in [0.2, 0.25) is 0 Å². The van der Waals surface area contributed by atoms with Crippen molar-refractivity contribution in [1.29, 1.82) is 0 Å². The van der Waals surface area contributed by atoms with Crippen molar-refractivity contribution in [3.8, 4) is 0 Å². The number of carbonyl (C=O) groups excluding carboxylic acids is 2. The Balaban J connectivity index is 1.87. The zero-order valence-corrected chi connectivity index (χ0v) is 14.5. The number of benzene rings is 1. The third kappa shape index (κ3) is 2.10. The zero-order valence-electron chi connectivity index (χ0n) is 14.5. The number of hydrogen-bond donors (Lipinski definition) is 1. The summed E-state index contributed by atoms with van der Waals surface area (Å²) < 4.78 is 0.